The number of rotatable bonds is 13. The van der Waals surface area contributed by atoms with Crippen molar-refractivity contribution >= 4 is 134 Å². The Kier molecular flexibility index (Phi) is 24.4. The number of amides is 2. The van der Waals surface area contributed by atoms with Gasteiger partial charge in [0.15, 0.2) is 24.1 Å². The van der Waals surface area contributed by atoms with Crippen LogP contribution in [0, 0.1) is 11.6 Å². The second-order valence-corrected chi connectivity index (χ2v) is 20.7. The van der Waals surface area contributed by atoms with E-state index in [0.717, 1.165) is 15.6 Å². The highest BCUT2D eigenvalue weighted by Gasteiger charge is 2.32. The lowest BCUT2D eigenvalue weighted by Crippen LogP contribution is -2.27. The quantitative estimate of drug-likeness (QED) is 0.0272. The topological polar surface area (TPSA) is 272 Å². The van der Waals surface area contributed by atoms with Crippen molar-refractivity contribution < 1.29 is 79.9 Å². The normalized spacial score (nSPS) is 12.8. The molecule has 2 aliphatic heterocycles. The molecular weight excluding hydrogens is 1240 g/mol. The summed E-state index contributed by atoms with van der Waals surface area (Å²) in [6.07, 6.45) is 7.29. The maximum atomic E-state index is 13.1. The van der Waals surface area contributed by atoms with Crippen LogP contribution in [0.15, 0.2) is 163 Å². The Morgan fingerprint density at radius 2 is 1.07 bits per heavy atom. The van der Waals surface area contributed by atoms with Crippen LogP contribution in [0.3, 0.4) is 0 Å². The SMILES string of the molecule is COC(=O)c1ccc(-c2ccc(/C=C3\SC(=S)N(Cc4ccc(F)cc4)C3=O)o2)cn1.COC(=O)c1ccc(-c2ccc(C=O)o2)cn1.COC(=O)c1ccc(Br)cn1.O=C1CSC(=S)N1Cc1ccc(F)cc1.O=Cc1ccc(B(O)O)o1. The van der Waals surface area contributed by atoms with Gasteiger partial charge in [-0.1, -0.05) is 72.2 Å². The fourth-order valence-electron chi connectivity index (χ4n) is 6.70. The molecule has 0 saturated carbocycles. The molecule has 2 aliphatic rings. The molecule has 20 nitrogen and oxygen atoms in total. The average Bonchev–Trinajstić information content (AvgIpc) is 4.54. The molecule has 2 amide bonds. The molecule has 2 aromatic carbocycles. The Morgan fingerprint density at radius 3 is 1.46 bits per heavy atom. The zero-order valence-corrected chi connectivity index (χ0v) is 48.8. The van der Waals surface area contributed by atoms with Crippen LogP contribution in [0.4, 0.5) is 8.78 Å². The van der Waals surface area contributed by atoms with Gasteiger partial charge < -0.3 is 37.5 Å². The van der Waals surface area contributed by atoms with Crippen molar-refractivity contribution in [1.29, 1.82) is 0 Å². The molecule has 2 saturated heterocycles. The number of furan rings is 3. The number of carbonyl (C=O) groups excluding carboxylic acids is 7. The first kappa shape index (κ1) is 64.5. The van der Waals surface area contributed by atoms with E-state index < -0.39 is 25.0 Å². The highest BCUT2D eigenvalue weighted by molar-refractivity contribution is 9.10. The van der Waals surface area contributed by atoms with E-state index in [-0.39, 0.29) is 58.6 Å². The third-order valence-corrected chi connectivity index (χ3v) is 14.2. The highest BCUT2D eigenvalue weighted by atomic mass is 79.9. The minimum absolute atomic E-state index is 0.0225. The van der Waals surface area contributed by atoms with Crippen LogP contribution in [0.2, 0.25) is 0 Å². The lowest BCUT2D eigenvalue weighted by molar-refractivity contribution is -0.124. The van der Waals surface area contributed by atoms with E-state index in [1.54, 1.807) is 96.0 Å². The Labute approximate surface area is 504 Å². The number of hydrogen-bond acceptors (Lipinski definition) is 22. The van der Waals surface area contributed by atoms with Crippen LogP contribution >= 0.6 is 63.9 Å². The lowest BCUT2D eigenvalue weighted by Gasteiger charge is -2.14. The fourth-order valence-corrected chi connectivity index (χ4v) is 9.24. The monoisotopic (exact) mass is 1280 g/mol. The number of esters is 3. The molecular formula is C56H43BBrF2N5O15S4. The second kappa shape index (κ2) is 31.7. The molecule has 2 N–H and O–H groups in total. The van der Waals surface area contributed by atoms with Gasteiger partial charge in [0.25, 0.3) is 5.91 Å². The van der Waals surface area contributed by atoms with Gasteiger partial charge in [0.1, 0.15) is 60.3 Å². The first-order chi connectivity index (χ1) is 40.3. The van der Waals surface area contributed by atoms with Gasteiger partial charge in [-0.15, -0.1) is 0 Å². The fraction of sp³-hybridized carbons (Fsp3) is 0.107. The number of aromatic nitrogens is 3. The molecule has 8 aromatic rings. The molecule has 0 spiro atoms. The molecule has 0 unspecified atom stereocenters. The Morgan fingerprint density at radius 1 is 0.619 bits per heavy atom. The summed E-state index contributed by atoms with van der Waals surface area (Å²) >= 11 is 16.1. The summed E-state index contributed by atoms with van der Waals surface area (Å²) in [5, 5.41) is 17.0. The number of benzene rings is 2. The summed E-state index contributed by atoms with van der Waals surface area (Å²) in [7, 11) is 2.26. The number of thiocarbonyl (C=S) groups is 2. The minimum Gasteiger partial charge on any atom is -0.464 e. The van der Waals surface area contributed by atoms with Crippen molar-refractivity contribution in [3.8, 4) is 22.6 Å². The third kappa shape index (κ3) is 18.7. The first-order valence-corrected chi connectivity index (χ1v) is 27.3. The Bertz CT molecular complexity index is 3650. The van der Waals surface area contributed by atoms with Crippen LogP contribution in [0.25, 0.3) is 28.7 Å². The van der Waals surface area contributed by atoms with Crippen molar-refractivity contribution in [3.63, 3.8) is 0 Å². The summed E-state index contributed by atoms with van der Waals surface area (Å²) in [5.74, 6) is 0.0378. The van der Waals surface area contributed by atoms with Gasteiger partial charge in [-0.25, -0.2) is 38.1 Å². The standard InChI is InChI=1S/C22H15FN2O4S2.C12H9NO4.C10H8FNOS2.C7H6BrNO2.C5H5BO4/c1-28-21(27)17-8-4-14(11-24-17)18-9-7-16(29-18)10-19-20(26)25(22(30)31-19)12-13-2-5-15(23)6-3-13;1-16-12(15)10-4-2-8(6-13-10)11-5-3-9(7-14)17-11;11-8-3-1-7(2-4-8)5-12-9(13)6-15-10(12)14;1-11-7(10)6-3-2-5(8)4-9-6;7-3-4-1-2-5(10-4)6(8)9/h2-11H,12H2,1H3;2-7H,1H3;1-4H,5-6H2;2-4H,1H3;1-3,8-9H/b19-10-;;;;. The van der Waals surface area contributed by atoms with E-state index in [2.05, 4.69) is 49.5 Å². The second-order valence-electron chi connectivity index (χ2n) is 16.5. The number of aldehydes is 2. The van der Waals surface area contributed by atoms with Crippen LogP contribution in [-0.4, -0.2) is 120 Å². The summed E-state index contributed by atoms with van der Waals surface area (Å²) in [6, 6.07) is 31.2. The van der Waals surface area contributed by atoms with Gasteiger partial charge in [0.2, 0.25) is 5.91 Å². The summed E-state index contributed by atoms with van der Waals surface area (Å²) in [4.78, 5) is 93.4. The smallest absolute Gasteiger partial charge is 0.464 e. The van der Waals surface area contributed by atoms with E-state index in [9.17, 15) is 42.3 Å². The predicted molar refractivity (Wildman–Crippen MR) is 316 cm³/mol. The van der Waals surface area contributed by atoms with E-state index in [4.69, 9.17) is 43.3 Å². The van der Waals surface area contributed by atoms with E-state index >= 15 is 0 Å². The van der Waals surface area contributed by atoms with Gasteiger partial charge in [0.05, 0.1) is 45.1 Å². The molecule has 2 fully saturated rings. The molecule has 6 aromatic heterocycles. The number of halogens is 3. The molecule has 0 aliphatic carbocycles. The molecule has 0 bridgehead atoms. The first-order valence-electron chi connectivity index (χ1n) is 23.9. The van der Waals surface area contributed by atoms with Gasteiger partial charge in [0, 0.05) is 40.3 Å². The maximum absolute atomic E-state index is 13.1. The molecule has 0 radical (unpaired) electrons. The van der Waals surface area contributed by atoms with Crippen molar-refractivity contribution in [3.05, 3.63) is 206 Å². The summed E-state index contributed by atoms with van der Waals surface area (Å²) in [5.41, 5.74) is 3.73. The summed E-state index contributed by atoms with van der Waals surface area (Å²) < 4.78 is 56.9. The predicted octanol–water partition coefficient (Wildman–Crippen LogP) is 9.20. The Hall–Kier alpha value is -8.64. The van der Waals surface area contributed by atoms with E-state index in [0.29, 0.717) is 72.5 Å². The average molecular weight is 1280 g/mol. The largest absolute Gasteiger partial charge is 0.526 e. The maximum Gasteiger partial charge on any atom is 0.526 e. The number of hydrogen-bond donors (Lipinski definition) is 2. The number of carbonyl (C=O) groups is 7. The number of nitrogens with zero attached hydrogens (tertiary/aromatic N) is 5. The summed E-state index contributed by atoms with van der Waals surface area (Å²) in [6.45, 7) is 0.703. The van der Waals surface area contributed by atoms with Gasteiger partial charge in [-0.3, -0.25) is 29.0 Å². The van der Waals surface area contributed by atoms with Crippen molar-refractivity contribution in [2.45, 2.75) is 13.1 Å². The molecule has 28 heteroatoms. The number of pyridine rings is 3. The zero-order valence-electron chi connectivity index (χ0n) is 43.9. The zero-order chi connectivity index (χ0) is 60.9. The third-order valence-electron chi connectivity index (χ3n) is 10.9. The van der Waals surface area contributed by atoms with E-state index in [1.165, 1.54) is 105 Å². The number of thioether (sulfide) groups is 2. The lowest BCUT2D eigenvalue weighted by atomic mass is 9.88. The Balaban J connectivity index is 0.000000182. The van der Waals surface area contributed by atoms with Crippen molar-refractivity contribution in [2.75, 3.05) is 27.1 Å². The highest BCUT2D eigenvalue weighted by Crippen LogP contribution is 2.35. The minimum atomic E-state index is -1.64. The van der Waals surface area contributed by atoms with Gasteiger partial charge >= 0.3 is 25.0 Å². The van der Waals surface area contributed by atoms with Gasteiger partial charge in [-0.05, 0) is 124 Å². The number of methoxy groups -OCH3 is 3. The molecule has 84 heavy (non-hydrogen) atoms. The number of ether oxygens (including phenoxy) is 3. The molecule has 10 rings (SSSR count). The van der Waals surface area contributed by atoms with Crippen molar-refractivity contribution in [2.24, 2.45) is 0 Å². The molecule has 8 heterocycles. The molecule has 430 valence electrons. The van der Waals surface area contributed by atoms with Crippen LogP contribution in [0.1, 0.15) is 69.5 Å². The van der Waals surface area contributed by atoms with E-state index in [1.807, 2.05) is 0 Å². The van der Waals surface area contributed by atoms with Gasteiger partial charge in [-0.2, -0.15) is 0 Å². The van der Waals surface area contributed by atoms with Crippen LogP contribution in [-0.2, 0) is 36.9 Å². The molecule has 0 atom stereocenters. The van der Waals surface area contributed by atoms with Crippen molar-refractivity contribution in [1.82, 2.24) is 24.8 Å². The van der Waals surface area contributed by atoms with Crippen LogP contribution in [0.5, 0.6) is 0 Å². The van der Waals surface area contributed by atoms with Crippen LogP contribution < -0.4 is 5.66 Å².